The summed E-state index contributed by atoms with van der Waals surface area (Å²) in [6.07, 6.45) is 2.69. The van der Waals surface area contributed by atoms with Crippen LogP contribution in [0.1, 0.15) is 47.7 Å². The van der Waals surface area contributed by atoms with Gasteiger partial charge in [-0.3, -0.25) is 4.79 Å². The summed E-state index contributed by atoms with van der Waals surface area (Å²) in [4.78, 5) is 12.9. The molecule has 1 aromatic carbocycles. The van der Waals surface area contributed by atoms with Crippen molar-refractivity contribution in [3.8, 4) is 5.75 Å². The van der Waals surface area contributed by atoms with Crippen LogP contribution in [0.3, 0.4) is 0 Å². The molecule has 1 heterocycles. The molecule has 0 bridgehead atoms. The van der Waals surface area contributed by atoms with Crippen LogP contribution in [0.25, 0.3) is 0 Å². The smallest absolute Gasteiger partial charge is 0.170 e. The molecule has 0 spiro atoms. The van der Waals surface area contributed by atoms with Gasteiger partial charge in [0.1, 0.15) is 5.75 Å². The van der Waals surface area contributed by atoms with Gasteiger partial charge in [0.25, 0.3) is 0 Å². The van der Waals surface area contributed by atoms with Crippen molar-refractivity contribution in [1.82, 2.24) is 5.32 Å². The van der Waals surface area contributed by atoms with Gasteiger partial charge in [0.15, 0.2) is 5.78 Å². The quantitative estimate of drug-likeness (QED) is 0.838. The van der Waals surface area contributed by atoms with Crippen LogP contribution in [-0.4, -0.2) is 25.5 Å². The van der Waals surface area contributed by atoms with E-state index >= 15 is 0 Å². The Morgan fingerprint density at radius 1 is 1.38 bits per heavy atom. The van der Waals surface area contributed by atoms with Gasteiger partial charge in [0.05, 0.1) is 12.2 Å². The van der Waals surface area contributed by atoms with Crippen LogP contribution >= 0.6 is 11.6 Å². The molecule has 0 aliphatic carbocycles. The molecule has 1 saturated heterocycles. The van der Waals surface area contributed by atoms with Crippen LogP contribution in [0.2, 0.25) is 5.02 Å². The molecule has 0 unspecified atom stereocenters. The van der Waals surface area contributed by atoms with Crippen LogP contribution in [0, 0.1) is 19.8 Å². The number of rotatable bonds is 5. The molecule has 2 rings (SSSR count). The Morgan fingerprint density at radius 3 is 2.67 bits per heavy atom. The first-order chi connectivity index (χ1) is 10.1. The summed E-state index contributed by atoms with van der Waals surface area (Å²) in [5.41, 5.74) is 2.50. The Labute approximate surface area is 132 Å². The SMILES string of the molecule is CCCOc1cc(C)c(Cl)c(C)c1C(=O)C1CCNCC1. The molecule has 1 aliphatic rings. The van der Waals surface area contributed by atoms with Crippen molar-refractivity contribution in [2.75, 3.05) is 19.7 Å². The molecule has 1 aromatic rings. The summed E-state index contributed by atoms with van der Waals surface area (Å²) in [6, 6.07) is 1.90. The maximum absolute atomic E-state index is 12.9. The van der Waals surface area contributed by atoms with E-state index in [1.807, 2.05) is 19.9 Å². The molecule has 21 heavy (non-hydrogen) atoms. The second kappa shape index (κ2) is 7.28. The molecule has 1 aliphatic heterocycles. The number of carbonyl (C=O) groups is 1. The average molecular weight is 310 g/mol. The Kier molecular flexibility index (Phi) is 5.65. The third-order valence-corrected chi connectivity index (χ3v) is 4.64. The van der Waals surface area contributed by atoms with Crippen molar-refractivity contribution < 1.29 is 9.53 Å². The van der Waals surface area contributed by atoms with Gasteiger partial charge in [-0.25, -0.2) is 0 Å². The van der Waals surface area contributed by atoms with Gasteiger partial charge in [-0.15, -0.1) is 0 Å². The number of ketones is 1. The largest absolute Gasteiger partial charge is 0.493 e. The molecule has 116 valence electrons. The number of ether oxygens (including phenoxy) is 1. The monoisotopic (exact) mass is 309 g/mol. The minimum Gasteiger partial charge on any atom is -0.493 e. The fourth-order valence-electron chi connectivity index (χ4n) is 2.84. The third-order valence-electron chi connectivity index (χ3n) is 4.06. The second-order valence-corrected chi connectivity index (χ2v) is 6.12. The second-order valence-electron chi connectivity index (χ2n) is 5.74. The third kappa shape index (κ3) is 3.58. The van der Waals surface area contributed by atoms with E-state index in [4.69, 9.17) is 16.3 Å². The minimum atomic E-state index is 0.0766. The number of hydrogen-bond acceptors (Lipinski definition) is 3. The average Bonchev–Trinajstić information content (AvgIpc) is 2.51. The normalized spacial score (nSPS) is 16.0. The minimum absolute atomic E-state index is 0.0766. The summed E-state index contributed by atoms with van der Waals surface area (Å²) in [6.45, 7) is 8.35. The summed E-state index contributed by atoms with van der Waals surface area (Å²) in [5, 5.41) is 3.97. The standard InChI is InChI=1S/C17H24ClNO2/c1-4-9-21-14-10-11(2)16(18)12(3)15(14)17(20)13-5-7-19-8-6-13/h10,13,19H,4-9H2,1-3H3. The maximum Gasteiger partial charge on any atom is 0.170 e. The number of aryl methyl sites for hydroxylation is 1. The van der Waals surface area contributed by atoms with Gasteiger partial charge in [-0.05, 0) is 63.4 Å². The zero-order valence-corrected chi connectivity index (χ0v) is 13.8. The molecular weight excluding hydrogens is 286 g/mol. The highest BCUT2D eigenvalue weighted by molar-refractivity contribution is 6.32. The number of carbonyl (C=O) groups excluding carboxylic acids is 1. The summed E-state index contributed by atoms with van der Waals surface area (Å²) < 4.78 is 5.82. The van der Waals surface area contributed by atoms with Crippen LogP contribution in [0.4, 0.5) is 0 Å². The number of piperidine rings is 1. The predicted molar refractivity (Wildman–Crippen MR) is 86.6 cm³/mol. The predicted octanol–water partition coefficient (Wildman–Crippen LogP) is 3.93. The Balaban J connectivity index is 2.38. The van der Waals surface area contributed by atoms with Gasteiger partial charge in [-0.2, -0.15) is 0 Å². The van der Waals surface area contributed by atoms with Crippen molar-refractivity contribution in [3.63, 3.8) is 0 Å². The Hall–Kier alpha value is -1.06. The van der Waals surface area contributed by atoms with Crippen molar-refractivity contribution >= 4 is 17.4 Å². The van der Waals surface area contributed by atoms with Crippen LogP contribution < -0.4 is 10.1 Å². The number of nitrogens with one attached hydrogen (secondary N) is 1. The molecule has 0 atom stereocenters. The van der Waals surface area contributed by atoms with Crippen molar-refractivity contribution in [2.24, 2.45) is 5.92 Å². The van der Waals surface area contributed by atoms with Crippen molar-refractivity contribution in [3.05, 3.63) is 27.8 Å². The zero-order chi connectivity index (χ0) is 15.4. The lowest BCUT2D eigenvalue weighted by Gasteiger charge is -2.24. The van der Waals surface area contributed by atoms with E-state index in [1.54, 1.807) is 0 Å². The highest BCUT2D eigenvalue weighted by atomic mass is 35.5. The lowest BCUT2D eigenvalue weighted by Crippen LogP contribution is -2.32. The van der Waals surface area contributed by atoms with Gasteiger partial charge >= 0.3 is 0 Å². The van der Waals surface area contributed by atoms with E-state index in [9.17, 15) is 4.79 Å². The summed E-state index contributed by atoms with van der Waals surface area (Å²) >= 11 is 6.35. The molecule has 4 heteroatoms. The summed E-state index contributed by atoms with van der Waals surface area (Å²) in [5.74, 6) is 0.953. The molecule has 3 nitrogen and oxygen atoms in total. The number of hydrogen-bond donors (Lipinski definition) is 1. The zero-order valence-electron chi connectivity index (χ0n) is 13.1. The fourth-order valence-corrected chi connectivity index (χ4v) is 2.99. The lowest BCUT2D eigenvalue weighted by molar-refractivity contribution is 0.0890. The van der Waals surface area contributed by atoms with Crippen LogP contribution in [0.5, 0.6) is 5.75 Å². The number of Topliss-reactive ketones (excluding diaryl/α,β-unsaturated/α-hetero) is 1. The first-order valence-corrected chi connectivity index (χ1v) is 8.11. The van der Waals surface area contributed by atoms with Gasteiger partial charge < -0.3 is 10.1 Å². The summed E-state index contributed by atoms with van der Waals surface area (Å²) in [7, 11) is 0. The van der Waals surface area contributed by atoms with Crippen molar-refractivity contribution in [1.29, 1.82) is 0 Å². The molecule has 0 saturated carbocycles. The topological polar surface area (TPSA) is 38.3 Å². The molecule has 0 aromatic heterocycles. The van der Waals surface area contributed by atoms with Gasteiger partial charge in [0, 0.05) is 10.9 Å². The van der Waals surface area contributed by atoms with E-state index < -0.39 is 0 Å². The highest BCUT2D eigenvalue weighted by Gasteiger charge is 2.27. The van der Waals surface area contributed by atoms with E-state index in [-0.39, 0.29) is 11.7 Å². The fraction of sp³-hybridized carbons (Fsp3) is 0.588. The molecule has 0 radical (unpaired) electrons. The molecular formula is C17H24ClNO2. The maximum atomic E-state index is 12.9. The Morgan fingerprint density at radius 2 is 2.05 bits per heavy atom. The first-order valence-electron chi connectivity index (χ1n) is 7.73. The van der Waals surface area contributed by atoms with E-state index in [0.29, 0.717) is 22.9 Å². The molecule has 0 amide bonds. The Bertz CT molecular complexity index is 522. The van der Waals surface area contributed by atoms with Gasteiger partial charge in [-0.1, -0.05) is 18.5 Å². The number of halogens is 1. The first kappa shape index (κ1) is 16.3. The molecule has 1 fully saturated rings. The lowest BCUT2D eigenvalue weighted by atomic mass is 9.87. The van der Waals surface area contributed by atoms with Gasteiger partial charge in [0.2, 0.25) is 0 Å². The molecule has 1 N–H and O–H groups in total. The number of benzene rings is 1. The van der Waals surface area contributed by atoms with Crippen LogP contribution in [-0.2, 0) is 0 Å². The van der Waals surface area contributed by atoms with E-state index in [1.165, 1.54) is 0 Å². The van der Waals surface area contributed by atoms with E-state index in [2.05, 4.69) is 12.2 Å². The van der Waals surface area contributed by atoms with E-state index in [0.717, 1.165) is 43.5 Å². The highest BCUT2D eigenvalue weighted by Crippen LogP contribution is 2.34. The van der Waals surface area contributed by atoms with Crippen molar-refractivity contribution in [2.45, 2.75) is 40.0 Å². The van der Waals surface area contributed by atoms with Crippen LogP contribution in [0.15, 0.2) is 6.07 Å².